The lowest BCUT2D eigenvalue weighted by atomic mass is 9.94. The van der Waals surface area contributed by atoms with Crippen molar-refractivity contribution in [3.05, 3.63) is 11.4 Å². The van der Waals surface area contributed by atoms with E-state index in [1.807, 2.05) is 27.8 Å². The molecule has 0 aliphatic carbocycles. The number of rotatable bonds is 5. The number of hydrogen-bond donors (Lipinski definition) is 3. The van der Waals surface area contributed by atoms with Crippen LogP contribution in [0.5, 0.6) is 0 Å². The molecular formula is C15H28N4O. The fourth-order valence-corrected chi connectivity index (χ4v) is 1.65. The van der Waals surface area contributed by atoms with Gasteiger partial charge in [0.15, 0.2) is 0 Å². The first-order valence-electron chi connectivity index (χ1n) is 7.02. The van der Waals surface area contributed by atoms with Gasteiger partial charge in [0.2, 0.25) is 0 Å². The summed E-state index contributed by atoms with van der Waals surface area (Å²) in [7, 11) is 1.86. The molecule has 0 fully saturated rings. The summed E-state index contributed by atoms with van der Waals surface area (Å²) in [5.41, 5.74) is 0.704. The van der Waals surface area contributed by atoms with Gasteiger partial charge in [-0.3, -0.25) is 0 Å². The van der Waals surface area contributed by atoms with Crippen LogP contribution in [0.25, 0.3) is 0 Å². The average Bonchev–Trinajstić information content (AvgIpc) is 2.36. The van der Waals surface area contributed by atoms with Crippen molar-refractivity contribution in [2.24, 2.45) is 5.41 Å². The van der Waals surface area contributed by atoms with E-state index in [4.69, 9.17) is 0 Å². The summed E-state index contributed by atoms with van der Waals surface area (Å²) in [5.74, 6) is 2.47. The van der Waals surface area contributed by atoms with Crippen LogP contribution < -0.4 is 10.6 Å². The van der Waals surface area contributed by atoms with E-state index >= 15 is 0 Å². The van der Waals surface area contributed by atoms with Gasteiger partial charge in [0.05, 0.1) is 0 Å². The molecule has 0 saturated heterocycles. The van der Waals surface area contributed by atoms with E-state index in [1.54, 1.807) is 0 Å². The minimum Gasteiger partial charge on any atom is -0.396 e. The predicted molar refractivity (Wildman–Crippen MR) is 84.4 cm³/mol. The molecule has 0 aliphatic heterocycles. The van der Waals surface area contributed by atoms with Crippen LogP contribution in [0.1, 0.15) is 46.0 Å². The smallest absolute Gasteiger partial charge is 0.138 e. The summed E-state index contributed by atoms with van der Waals surface area (Å²) in [6.07, 6.45) is 0. The lowest BCUT2D eigenvalue weighted by Gasteiger charge is -2.25. The third-order valence-corrected chi connectivity index (χ3v) is 3.22. The lowest BCUT2D eigenvalue weighted by molar-refractivity contribution is 0.170. The Kier molecular flexibility index (Phi) is 4.97. The van der Waals surface area contributed by atoms with E-state index in [9.17, 15) is 5.11 Å². The second-order valence-corrected chi connectivity index (χ2v) is 7.05. The molecule has 0 aliphatic rings. The molecular weight excluding hydrogens is 252 g/mol. The fourth-order valence-electron chi connectivity index (χ4n) is 1.65. The van der Waals surface area contributed by atoms with Gasteiger partial charge < -0.3 is 15.7 Å². The number of hydrogen-bond acceptors (Lipinski definition) is 5. The Morgan fingerprint density at radius 2 is 1.60 bits per heavy atom. The molecule has 5 heteroatoms. The summed E-state index contributed by atoms with van der Waals surface area (Å²) in [6.45, 7) is 13.1. The normalized spacial score (nSPS) is 12.4. The topological polar surface area (TPSA) is 70.1 Å². The quantitative estimate of drug-likeness (QED) is 0.773. The number of anilines is 2. The highest BCUT2D eigenvalue weighted by Gasteiger charge is 2.22. The summed E-state index contributed by atoms with van der Waals surface area (Å²) in [6, 6.07) is 0. The zero-order chi connectivity index (χ0) is 15.6. The number of nitrogens with zero attached hydrogens (tertiary/aromatic N) is 2. The van der Waals surface area contributed by atoms with E-state index in [0.717, 1.165) is 23.0 Å². The second kappa shape index (κ2) is 5.95. The maximum absolute atomic E-state index is 9.34. The third kappa shape index (κ3) is 4.07. The molecule has 1 rings (SSSR count). The summed E-state index contributed by atoms with van der Waals surface area (Å²) >= 11 is 0. The van der Waals surface area contributed by atoms with Gasteiger partial charge in [-0.05, 0) is 6.92 Å². The summed E-state index contributed by atoms with van der Waals surface area (Å²) in [4.78, 5) is 9.22. The molecule has 0 spiro atoms. The summed E-state index contributed by atoms with van der Waals surface area (Å²) < 4.78 is 0. The molecule has 114 valence electrons. The molecule has 0 amide bonds. The zero-order valence-corrected chi connectivity index (χ0v) is 13.8. The van der Waals surface area contributed by atoms with Crippen molar-refractivity contribution in [1.82, 2.24) is 9.97 Å². The van der Waals surface area contributed by atoms with Crippen LogP contribution in [-0.2, 0) is 5.41 Å². The highest BCUT2D eigenvalue weighted by atomic mass is 16.3. The van der Waals surface area contributed by atoms with Crippen molar-refractivity contribution in [2.75, 3.05) is 30.8 Å². The Labute approximate surface area is 122 Å². The predicted octanol–water partition coefficient (Wildman–Crippen LogP) is 2.55. The largest absolute Gasteiger partial charge is 0.396 e. The van der Waals surface area contributed by atoms with Crippen LogP contribution in [0, 0.1) is 12.3 Å². The van der Waals surface area contributed by atoms with Crippen molar-refractivity contribution in [1.29, 1.82) is 0 Å². The van der Waals surface area contributed by atoms with Gasteiger partial charge in [0.1, 0.15) is 17.5 Å². The maximum Gasteiger partial charge on any atom is 0.138 e. The Balaban J connectivity index is 3.12. The van der Waals surface area contributed by atoms with Crippen molar-refractivity contribution >= 4 is 11.6 Å². The van der Waals surface area contributed by atoms with Gasteiger partial charge in [-0.2, -0.15) is 0 Å². The minimum absolute atomic E-state index is 0.109. The first kappa shape index (κ1) is 16.7. The van der Waals surface area contributed by atoms with Gasteiger partial charge in [0.25, 0.3) is 0 Å². The monoisotopic (exact) mass is 280 g/mol. The van der Waals surface area contributed by atoms with Gasteiger partial charge in [-0.25, -0.2) is 9.97 Å². The molecule has 1 aromatic rings. The fraction of sp³-hybridized carbons (Fsp3) is 0.733. The van der Waals surface area contributed by atoms with Crippen LogP contribution in [0.2, 0.25) is 0 Å². The van der Waals surface area contributed by atoms with Crippen molar-refractivity contribution < 1.29 is 5.11 Å². The number of aliphatic hydroxyl groups is 1. The van der Waals surface area contributed by atoms with E-state index in [0.29, 0.717) is 6.54 Å². The first-order valence-corrected chi connectivity index (χ1v) is 7.02. The Morgan fingerprint density at radius 1 is 1.05 bits per heavy atom. The molecule has 5 nitrogen and oxygen atoms in total. The van der Waals surface area contributed by atoms with E-state index < -0.39 is 0 Å². The standard InChI is InChI=1S/C15H28N4O/c1-10-11(16-7)18-13(14(2,3)4)19-12(10)17-8-15(5,6)9-20/h20H,8-9H2,1-7H3,(H2,16,17,18,19). The molecule has 0 atom stereocenters. The molecule has 0 unspecified atom stereocenters. The van der Waals surface area contributed by atoms with E-state index in [2.05, 4.69) is 41.4 Å². The van der Waals surface area contributed by atoms with E-state index in [1.165, 1.54) is 0 Å². The van der Waals surface area contributed by atoms with Gasteiger partial charge in [-0.1, -0.05) is 34.6 Å². The van der Waals surface area contributed by atoms with Crippen LogP contribution in [0.4, 0.5) is 11.6 Å². The third-order valence-electron chi connectivity index (χ3n) is 3.22. The molecule has 1 aromatic heterocycles. The van der Waals surface area contributed by atoms with Crippen molar-refractivity contribution in [3.63, 3.8) is 0 Å². The lowest BCUT2D eigenvalue weighted by Crippen LogP contribution is -2.28. The Morgan fingerprint density at radius 3 is 2.05 bits per heavy atom. The molecule has 0 radical (unpaired) electrons. The van der Waals surface area contributed by atoms with Gasteiger partial charge in [-0.15, -0.1) is 0 Å². The zero-order valence-electron chi connectivity index (χ0n) is 13.8. The molecule has 0 saturated carbocycles. The highest BCUT2D eigenvalue weighted by Crippen LogP contribution is 2.26. The molecule has 0 bridgehead atoms. The van der Waals surface area contributed by atoms with Gasteiger partial charge in [0, 0.05) is 36.6 Å². The van der Waals surface area contributed by atoms with E-state index in [-0.39, 0.29) is 17.4 Å². The SMILES string of the molecule is CNc1nc(C(C)(C)C)nc(NCC(C)(C)CO)c1C. The molecule has 1 heterocycles. The van der Waals surface area contributed by atoms with Crippen LogP contribution >= 0.6 is 0 Å². The number of aromatic nitrogens is 2. The molecule has 0 aromatic carbocycles. The molecule has 20 heavy (non-hydrogen) atoms. The number of nitrogens with one attached hydrogen (secondary N) is 2. The van der Waals surface area contributed by atoms with Crippen LogP contribution in [0.3, 0.4) is 0 Å². The highest BCUT2D eigenvalue weighted by molar-refractivity contribution is 5.57. The number of aliphatic hydroxyl groups excluding tert-OH is 1. The van der Waals surface area contributed by atoms with Gasteiger partial charge >= 0.3 is 0 Å². The summed E-state index contributed by atoms with van der Waals surface area (Å²) in [5, 5.41) is 15.8. The molecule has 3 N–H and O–H groups in total. The minimum atomic E-state index is -0.181. The average molecular weight is 280 g/mol. The van der Waals surface area contributed by atoms with Crippen molar-refractivity contribution in [2.45, 2.75) is 47.0 Å². The second-order valence-electron chi connectivity index (χ2n) is 7.05. The Hall–Kier alpha value is -1.36. The van der Waals surface area contributed by atoms with Crippen molar-refractivity contribution in [3.8, 4) is 0 Å². The Bertz CT molecular complexity index is 464. The maximum atomic E-state index is 9.34. The van der Waals surface area contributed by atoms with Crippen LogP contribution in [0.15, 0.2) is 0 Å². The first-order chi connectivity index (χ1) is 9.10. The van der Waals surface area contributed by atoms with Crippen LogP contribution in [-0.4, -0.2) is 35.3 Å².